The molecule has 1 saturated heterocycles. The Morgan fingerprint density at radius 2 is 2.25 bits per heavy atom. The maximum atomic E-state index is 5.57. The van der Waals surface area contributed by atoms with E-state index in [9.17, 15) is 0 Å². The average molecular weight is 222 g/mol. The summed E-state index contributed by atoms with van der Waals surface area (Å²) in [6, 6.07) is 2.74. The van der Waals surface area contributed by atoms with Crippen LogP contribution in [0, 0.1) is 5.92 Å². The number of furan rings is 1. The minimum atomic E-state index is 0.565. The minimum absolute atomic E-state index is 0.565. The molecular formula is C13H22N2O. The molecule has 0 bridgehead atoms. The van der Waals surface area contributed by atoms with Crippen LogP contribution in [0.25, 0.3) is 0 Å². The molecule has 16 heavy (non-hydrogen) atoms. The van der Waals surface area contributed by atoms with E-state index < -0.39 is 0 Å². The Balaban J connectivity index is 1.97. The van der Waals surface area contributed by atoms with Crippen molar-refractivity contribution in [2.45, 2.75) is 45.8 Å². The van der Waals surface area contributed by atoms with Crippen LogP contribution in [-0.4, -0.2) is 17.5 Å². The van der Waals surface area contributed by atoms with E-state index in [1.54, 1.807) is 6.26 Å². The van der Waals surface area contributed by atoms with Crippen LogP contribution in [0.2, 0.25) is 0 Å². The molecule has 2 N–H and O–H groups in total. The van der Waals surface area contributed by atoms with Crippen molar-refractivity contribution < 1.29 is 4.42 Å². The first-order chi connectivity index (χ1) is 7.69. The SMILES string of the molecule is CC1CCC(C)N(Cc2cc(CN)co2)C1. The number of nitrogens with zero attached hydrogens (tertiary/aromatic N) is 1. The molecule has 0 aliphatic carbocycles. The summed E-state index contributed by atoms with van der Waals surface area (Å²) >= 11 is 0. The molecule has 0 saturated carbocycles. The summed E-state index contributed by atoms with van der Waals surface area (Å²) in [5.74, 6) is 1.85. The van der Waals surface area contributed by atoms with Crippen LogP contribution < -0.4 is 5.73 Å². The van der Waals surface area contributed by atoms with E-state index in [0.29, 0.717) is 12.6 Å². The van der Waals surface area contributed by atoms with E-state index >= 15 is 0 Å². The summed E-state index contributed by atoms with van der Waals surface area (Å²) in [5, 5.41) is 0. The van der Waals surface area contributed by atoms with Crippen LogP contribution in [0.3, 0.4) is 0 Å². The Morgan fingerprint density at radius 3 is 2.94 bits per heavy atom. The van der Waals surface area contributed by atoms with E-state index in [0.717, 1.165) is 23.8 Å². The van der Waals surface area contributed by atoms with Crippen molar-refractivity contribution in [3.8, 4) is 0 Å². The van der Waals surface area contributed by atoms with E-state index in [4.69, 9.17) is 10.2 Å². The fraction of sp³-hybridized carbons (Fsp3) is 0.692. The highest BCUT2D eigenvalue weighted by molar-refractivity contribution is 5.12. The lowest BCUT2D eigenvalue weighted by Crippen LogP contribution is -2.40. The molecule has 1 aromatic heterocycles. The fourth-order valence-corrected chi connectivity index (χ4v) is 2.42. The lowest BCUT2D eigenvalue weighted by molar-refractivity contribution is 0.109. The van der Waals surface area contributed by atoms with E-state index in [-0.39, 0.29) is 0 Å². The van der Waals surface area contributed by atoms with Gasteiger partial charge in [-0.3, -0.25) is 4.90 Å². The number of piperidine rings is 1. The molecule has 1 aromatic rings. The molecule has 0 aromatic carbocycles. The van der Waals surface area contributed by atoms with Gasteiger partial charge in [0.25, 0.3) is 0 Å². The maximum Gasteiger partial charge on any atom is 0.118 e. The molecule has 2 rings (SSSR count). The third-order valence-electron chi connectivity index (χ3n) is 3.55. The van der Waals surface area contributed by atoms with Gasteiger partial charge in [-0.15, -0.1) is 0 Å². The first kappa shape index (κ1) is 11.7. The molecule has 2 atom stereocenters. The van der Waals surface area contributed by atoms with Gasteiger partial charge in [0, 0.05) is 24.7 Å². The van der Waals surface area contributed by atoms with Gasteiger partial charge in [-0.1, -0.05) is 6.92 Å². The van der Waals surface area contributed by atoms with Gasteiger partial charge in [-0.05, 0) is 31.7 Å². The van der Waals surface area contributed by atoms with Crippen molar-refractivity contribution in [2.24, 2.45) is 11.7 Å². The molecular weight excluding hydrogens is 200 g/mol. The van der Waals surface area contributed by atoms with Gasteiger partial charge in [0.05, 0.1) is 12.8 Å². The Bertz CT molecular complexity index is 334. The quantitative estimate of drug-likeness (QED) is 0.853. The van der Waals surface area contributed by atoms with Crippen LogP contribution >= 0.6 is 0 Å². The van der Waals surface area contributed by atoms with Crippen molar-refractivity contribution in [3.63, 3.8) is 0 Å². The van der Waals surface area contributed by atoms with Crippen LogP contribution in [0.4, 0.5) is 0 Å². The zero-order valence-electron chi connectivity index (χ0n) is 10.3. The first-order valence-corrected chi connectivity index (χ1v) is 6.19. The molecule has 3 nitrogen and oxygen atoms in total. The number of rotatable bonds is 3. The topological polar surface area (TPSA) is 42.4 Å². The Labute approximate surface area is 97.6 Å². The van der Waals surface area contributed by atoms with Crippen molar-refractivity contribution in [2.75, 3.05) is 6.54 Å². The maximum absolute atomic E-state index is 5.57. The molecule has 2 heterocycles. The molecule has 0 spiro atoms. The molecule has 0 radical (unpaired) electrons. The van der Waals surface area contributed by atoms with Crippen LogP contribution in [0.1, 0.15) is 38.0 Å². The molecule has 90 valence electrons. The minimum Gasteiger partial charge on any atom is -0.468 e. The summed E-state index contributed by atoms with van der Waals surface area (Å²) in [6.45, 7) is 7.30. The zero-order valence-corrected chi connectivity index (χ0v) is 10.3. The normalized spacial score (nSPS) is 27.2. The molecule has 1 fully saturated rings. The zero-order chi connectivity index (χ0) is 11.5. The van der Waals surface area contributed by atoms with Gasteiger partial charge in [0.2, 0.25) is 0 Å². The predicted octanol–water partition coefficient (Wildman–Crippen LogP) is 2.36. The van der Waals surface area contributed by atoms with Crippen molar-refractivity contribution in [1.82, 2.24) is 4.90 Å². The summed E-state index contributed by atoms with van der Waals surface area (Å²) in [7, 11) is 0. The highest BCUT2D eigenvalue weighted by Crippen LogP contribution is 2.23. The van der Waals surface area contributed by atoms with Gasteiger partial charge >= 0.3 is 0 Å². The van der Waals surface area contributed by atoms with Crippen LogP contribution in [0.15, 0.2) is 16.7 Å². The fourth-order valence-electron chi connectivity index (χ4n) is 2.42. The lowest BCUT2D eigenvalue weighted by atomic mass is 9.95. The molecule has 1 aliphatic heterocycles. The van der Waals surface area contributed by atoms with E-state index in [1.165, 1.54) is 19.4 Å². The predicted molar refractivity (Wildman–Crippen MR) is 64.9 cm³/mol. The standard InChI is InChI=1S/C13H22N2O/c1-10-3-4-11(2)15(7-10)8-13-5-12(6-14)9-16-13/h5,9-11H,3-4,6-8,14H2,1-2H3. The smallest absolute Gasteiger partial charge is 0.118 e. The summed E-state index contributed by atoms with van der Waals surface area (Å²) in [4.78, 5) is 2.51. The summed E-state index contributed by atoms with van der Waals surface area (Å²) in [5.41, 5.74) is 6.66. The Kier molecular flexibility index (Phi) is 3.66. The first-order valence-electron chi connectivity index (χ1n) is 6.19. The molecule has 2 unspecified atom stereocenters. The van der Waals surface area contributed by atoms with E-state index in [2.05, 4.69) is 24.8 Å². The third kappa shape index (κ3) is 2.66. The Morgan fingerprint density at radius 1 is 1.44 bits per heavy atom. The van der Waals surface area contributed by atoms with Gasteiger partial charge in [-0.2, -0.15) is 0 Å². The highest BCUT2D eigenvalue weighted by Gasteiger charge is 2.23. The second kappa shape index (κ2) is 5.02. The monoisotopic (exact) mass is 222 g/mol. The van der Waals surface area contributed by atoms with Crippen molar-refractivity contribution in [3.05, 3.63) is 23.7 Å². The van der Waals surface area contributed by atoms with Gasteiger partial charge in [-0.25, -0.2) is 0 Å². The van der Waals surface area contributed by atoms with Crippen molar-refractivity contribution in [1.29, 1.82) is 0 Å². The average Bonchev–Trinajstić information content (AvgIpc) is 2.71. The molecule has 1 aliphatic rings. The lowest BCUT2D eigenvalue weighted by Gasteiger charge is -2.36. The third-order valence-corrected chi connectivity index (χ3v) is 3.55. The van der Waals surface area contributed by atoms with Crippen molar-refractivity contribution >= 4 is 0 Å². The molecule has 0 amide bonds. The largest absolute Gasteiger partial charge is 0.468 e. The van der Waals surface area contributed by atoms with Gasteiger partial charge < -0.3 is 10.2 Å². The number of hydrogen-bond donors (Lipinski definition) is 1. The number of hydrogen-bond acceptors (Lipinski definition) is 3. The highest BCUT2D eigenvalue weighted by atomic mass is 16.3. The summed E-state index contributed by atoms with van der Waals surface area (Å²) < 4.78 is 5.52. The van der Waals surface area contributed by atoms with Gasteiger partial charge in [0.15, 0.2) is 0 Å². The Hall–Kier alpha value is -0.800. The second-order valence-corrected chi connectivity index (χ2v) is 5.09. The van der Waals surface area contributed by atoms with Crippen LogP contribution in [0.5, 0.6) is 0 Å². The number of likely N-dealkylation sites (tertiary alicyclic amines) is 1. The summed E-state index contributed by atoms with van der Waals surface area (Å²) in [6.07, 6.45) is 4.42. The van der Waals surface area contributed by atoms with E-state index in [1.807, 2.05) is 0 Å². The van der Waals surface area contributed by atoms with Gasteiger partial charge in [0.1, 0.15) is 5.76 Å². The second-order valence-electron chi connectivity index (χ2n) is 5.09. The number of nitrogens with two attached hydrogens (primary N) is 1. The van der Waals surface area contributed by atoms with Crippen LogP contribution in [-0.2, 0) is 13.1 Å². The molecule has 3 heteroatoms.